The summed E-state index contributed by atoms with van der Waals surface area (Å²) in [6.45, 7) is 0.373. The van der Waals surface area contributed by atoms with E-state index in [1.165, 1.54) is 0 Å². The van der Waals surface area contributed by atoms with Gasteiger partial charge in [0.25, 0.3) is 0 Å². The molecule has 16 heavy (non-hydrogen) atoms. The van der Waals surface area contributed by atoms with Crippen LogP contribution in [-0.4, -0.2) is 17.3 Å². The van der Waals surface area contributed by atoms with Gasteiger partial charge in [0.1, 0.15) is 18.1 Å². The van der Waals surface area contributed by atoms with Crippen LogP contribution >= 0.6 is 0 Å². The minimum Gasteiger partial charge on any atom is -0.497 e. The molecule has 2 rings (SSSR count). The summed E-state index contributed by atoms with van der Waals surface area (Å²) in [5.41, 5.74) is 7.04. The van der Waals surface area contributed by atoms with Gasteiger partial charge in [-0.1, -0.05) is 0 Å². The highest BCUT2D eigenvalue weighted by molar-refractivity contribution is 5.40. The molecule has 5 heteroatoms. The van der Waals surface area contributed by atoms with Gasteiger partial charge >= 0.3 is 0 Å². The SMILES string of the molecule is COc1ccc(OCc2[nH]ncc2N)cc1. The normalized spacial score (nSPS) is 10.1. The third kappa shape index (κ3) is 2.25. The Labute approximate surface area is 93.2 Å². The summed E-state index contributed by atoms with van der Waals surface area (Å²) in [7, 11) is 1.63. The first kappa shape index (κ1) is 10.4. The smallest absolute Gasteiger partial charge is 0.132 e. The van der Waals surface area contributed by atoms with Crippen molar-refractivity contribution in [2.75, 3.05) is 12.8 Å². The molecule has 0 fully saturated rings. The Hall–Kier alpha value is -2.17. The highest BCUT2D eigenvalue weighted by Crippen LogP contribution is 2.18. The van der Waals surface area contributed by atoms with Crippen molar-refractivity contribution in [3.05, 3.63) is 36.2 Å². The second-order valence-electron chi connectivity index (χ2n) is 3.27. The van der Waals surface area contributed by atoms with Gasteiger partial charge in [-0.05, 0) is 24.3 Å². The number of nitrogens with two attached hydrogens (primary N) is 1. The molecule has 0 amide bonds. The average Bonchev–Trinajstić information content (AvgIpc) is 2.73. The molecule has 0 atom stereocenters. The molecule has 84 valence electrons. The summed E-state index contributed by atoms with van der Waals surface area (Å²) in [5, 5.41) is 6.58. The molecule has 3 N–H and O–H groups in total. The molecule has 2 aromatic rings. The van der Waals surface area contributed by atoms with E-state index in [9.17, 15) is 0 Å². The van der Waals surface area contributed by atoms with Crippen molar-refractivity contribution in [1.29, 1.82) is 0 Å². The summed E-state index contributed by atoms with van der Waals surface area (Å²) >= 11 is 0. The number of H-pyrrole nitrogens is 1. The Kier molecular flexibility index (Phi) is 2.95. The molecule has 1 aromatic carbocycles. The van der Waals surface area contributed by atoms with E-state index in [4.69, 9.17) is 15.2 Å². The summed E-state index contributed by atoms with van der Waals surface area (Å²) in [4.78, 5) is 0. The van der Waals surface area contributed by atoms with Crippen LogP contribution in [0.4, 0.5) is 5.69 Å². The van der Waals surface area contributed by atoms with Gasteiger partial charge in [0.2, 0.25) is 0 Å². The lowest BCUT2D eigenvalue weighted by molar-refractivity contribution is 0.301. The quantitative estimate of drug-likeness (QED) is 0.818. The minimum absolute atomic E-state index is 0.373. The first-order chi connectivity index (χ1) is 7.79. The van der Waals surface area contributed by atoms with E-state index in [1.54, 1.807) is 13.3 Å². The topological polar surface area (TPSA) is 73.2 Å². The molecule has 1 heterocycles. The molecular formula is C11H13N3O2. The van der Waals surface area contributed by atoms with Crippen molar-refractivity contribution in [1.82, 2.24) is 10.2 Å². The van der Waals surface area contributed by atoms with Gasteiger partial charge < -0.3 is 15.2 Å². The number of ether oxygens (including phenoxy) is 2. The molecular weight excluding hydrogens is 206 g/mol. The van der Waals surface area contributed by atoms with Crippen LogP contribution in [0.25, 0.3) is 0 Å². The Bertz CT molecular complexity index is 451. The summed E-state index contributed by atoms with van der Waals surface area (Å²) < 4.78 is 10.6. The van der Waals surface area contributed by atoms with Gasteiger partial charge in [0, 0.05) is 0 Å². The number of anilines is 1. The maximum atomic E-state index is 5.66. The van der Waals surface area contributed by atoms with E-state index >= 15 is 0 Å². The largest absolute Gasteiger partial charge is 0.497 e. The van der Waals surface area contributed by atoms with Crippen LogP contribution < -0.4 is 15.2 Å². The number of nitrogens with one attached hydrogen (secondary N) is 1. The number of rotatable bonds is 4. The number of nitrogen functional groups attached to an aromatic ring is 1. The third-order valence-corrected chi connectivity index (χ3v) is 2.19. The lowest BCUT2D eigenvalue weighted by Crippen LogP contribution is -1.99. The monoisotopic (exact) mass is 219 g/mol. The summed E-state index contributed by atoms with van der Waals surface area (Å²) in [6, 6.07) is 7.36. The molecule has 0 saturated heterocycles. The fourth-order valence-electron chi connectivity index (χ4n) is 1.27. The zero-order valence-electron chi connectivity index (χ0n) is 8.93. The third-order valence-electron chi connectivity index (χ3n) is 2.19. The highest BCUT2D eigenvalue weighted by Gasteiger charge is 2.02. The number of methoxy groups -OCH3 is 1. The fraction of sp³-hybridized carbons (Fsp3) is 0.182. The number of aromatic nitrogens is 2. The van der Waals surface area contributed by atoms with E-state index in [2.05, 4.69) is 10.2 Å². The van der Waals surface area contributed by atoms with Gasteiger partial charge in [0.15, 0.2) is 0 Å². The van der Waals surface area contributed by atoms with E-state index in [0.29, 0.717) is 12.3 Å². The van der Waals surface area contributed by atoms with Crippen molar-refractivity contribution in [3.63, 3.8) is 0 Å². The molecule has 0 aliphatic carbocycles. The van der Waals surface area contributed by atoms with E-state index < -0.39 is 0 Å². The Morgan fingerprint density at radius 3 is 2.50 bits per heavy atom. The molecule has 1 aromatic heterocycles. The Morgan fingerprint density at radius 1 is 1.25 bits per heavy atom. The van der Waals surface area contributed by atoms with Crippen LogP contribution in [0.1, 0.15) is 5.69 Å². The van der Waals surface area contributed by atoms with E-state index in [-0.39, 0.29) is 0 Å². The van der Waals surface area contributed by atoms with Crippen molar-refractivity contribution in [2.45, 2.75) is 6.61 Å². The van der Waals surface area contributed by atoms with Crippen LogP contribution in [0.3, 0.4) is 0 Å². The van der Waals surface area contributed by atoms with Crippen molar-refractivity contribution < 1.29 is 9.47 Å². The maximum Gasteiger partial charge on any atom is 0.132 e. The minimum atomic E-state index is 0.373. The molecule has 0 aliphatic rings. The van der Waals surface area contributed by atoms with Gasteiger partial charge in [-0.2, -0.15) is 5.10 Å². The second kappa shape index (κ2) is 4.57. The highest BCUT2D eigenvalue weighted by atomic mass is 16.5. The molecule has 0 aliphatic heterocycles. The number of nitrogens with zero attached hydrogens (tertiary/aromatic N) is 1. The van der Waals surface area contributed by atoms with Gasteiger partial charge in [-0.25, -0.2) is 0 Å². The molecule has 5 nitrogen and oxygen atoms in total. The Morgan fingerprint density at radius 2 is 1.94 bits per heavy atom. The predicted molar refractivity (Wildman–Crippen MR) is 60.3 cm³/mol. The molecule has 0 bridgehead atoms. The predicted octanol–water partition coefficient (Wildman–Crippen LogP) is 1.58. The zero-order valence-corrected chi connectivity index (χ0v) is 8.93. The second-order valence-corrected chi connectivity index (χ2v) is 3.27. The fourth-order valence-corrected chi connectivity index (χ4v) is 1.27. The standard InChI is InChI=1S/C11H13N3O2/c1-15-8-2-4-9(5-3-8)16-7-11-10(12)6-13-14-11/h2-6H,7,12H2,1H3,(H,13,14). The maximum absolute atomic E-state index is 5.66. The lowest BCUT2D eigenvalue weighted by atomic mass is 10.3. The van der Waals surface area contributed by atoms with Crippen LogP contribution in [0.5, 0.6) is 11.5 Å². The average molecular weight is 219 g/mol. The van der Waals surface area contributed by atoms with Gasteiger partial charge in [0.05, 0.1) is 24.7 Å². The van der Waals surface area contributed by atoms with E-state index in [0.717, 1.165) is 17.2 Å². The number of aromatic amines is 1. The van der Waals surface area contributed by atoms with Crippen LogP contribution in [0.15, 0.2) is 30.5 Å². The van der Waals surface area contributed by atoms with Crippen molar-refractivity contribution >= 4 is 5.69 Å². The number of hydrogen-bond acceptors (Lipinski definition) is 4. The molecule has 0 spiro atoms. The number of hydrogen-bond donors (Lipinski definition) is 2. The van der Waals surface area contributed by atoms with Crippen molar-refractivity contribution in [2.24, 2.45) is 0 Å². The molecule has 0 unspecified atom stereocenters. The van der Waals surface area contributed by atoms with Crippen LogP contribution in [-0.2, 0) is 6.61 Å². The van der Waals surface area contributed by atoms with Crippen LogP contribution in [0.2, 0.25) is 0 Å². The molecule has 0 saturated carbocycles. The van der Waals surface area contributed by atoms with Crippen LogP contribution in [0, 0.1) is 0 Å². The lowest BCUT2D eigenvalue weighted by Gasteiger charge is -2.06. The number of benzene rings is 1. The Balaban J connectivity index is 1.97. The zero-order chi connectivity index (χ0) is 11.4. The summed E-state index contributed by atoms with van der Waals surface area (Å²) in [5.74, 6) is 1.56. The van der Waals surface area contributed by atoms with Gasteiger partial charge in [-0.3, -0.25) is 5.10 Å². The molecule has 0 radical (unpaired) electrons. The van der Waals surface area contributed by atoms with E-state index in [1.807, 2.05) is 24.3 Å². The first-order valence-electron chi connectivity index (χ1n) is 4.84. The van der Waals surface area contributed by atoms with Gasteiger partial charge in [-0.15, -0.1) is 0 Å². The van der Waals surface area contributed by atoms with Crippen molar-refractivity contribution in [3.8, 4) is 11.5 Å². The first-order valence-corrected chi connectivity index (χ1v) is 4.84. The summed E-state index contributed by atoms with van der Waals surface area (Å²) in [6.07, 6.45) is 1.56.